The van der Waals surface area contributed by atoms with Gasteiger partial charge in [-0.05, 0) is 38.0 Å². The van der Waals surface area contributed by atoms with E-state index >= 15 is 0 Å². The van der Waals surface area contributed by atoms with Crippen LogP contribution in [0.25, 0.3) is 0 Å². The Hall–Kier alpha value is -3.17. The number of aromatic nitrogens is 1. The number of unbranched alkanes of at least 4 members (excludes halogenated alkanes) is 1. The van der Waals surface area contributed by atoms with Gasteiger partial charge >= 0.3 is 6.03 Å². The molecular formula is C26H37N7O2. The SMILES string of the molecule is CCCCNC(=O)C(c1ccccc1)N1CCN(c2ccc(N3CNN(C(C)C)C3=O)cn2)CC1. The van der Waals surface area contributed by atoms with Gasteiger partial charge in [0.2, 0.25) is 5.91 Å². The Balaban J connectivity index is 1.39. The van der Waals surface area contributed by atoms with Crippen LogP contribution in [0.15, 0.2) is 48.7 Å². The van der Waals surface area contributed by atoms with E-state index in [-0.39, 0.29) is 24.0 Å². The monoisotopic (exact) mass is 479 g/mol. The Bertz CT molecular complexity index is 975. The summed E-state index contributed by atoms with van der Waals surface area (Å²) < 4.78 is 0. The zero-order chi connectivity index (χ0) is 24.8. The van der Waals surface area contributed by atoms with Gasteiger partial charge in [0, 0.05) is 38.8 Å². The largest absolute Gasteiger partial charge is 0.354 e. The maximum Gasteiger partial charge on any atom is 0.340 e. The van der Waals surface area contributed by atoms with E-state index in [1.165, 1.54) is 0 Å². The number of hydrogen-bond acceptors (Lipinski definition) is 6. The van der Waals surface area contributed by atoms with E-state index in [9.17, 15) is 9.59 Å². The molecule has 9 heteroatoms. The van der Waals surface area contributed by atoms with E-state index in [1.54, 1.807) is 16.1 Å². The summed E-state index contributed by atoms with van der Waals surface area (Å²) in [5, 5.41) is 4.76. The molecule has 2 aromatic rings. The van der Waals surface area contributed by atoms with Crippen LogP contribution in [0, 0.1) is 0 Å². The highest BCUT2D eigenvalue weighted by atomic mass is 16.2. The number of piperazine rings is 1. The predicted octanol–water partition coefficient (Wildman–Crippen LogP) is 2.97. The average molecular weight is 480 g/mol. The first-order valence-corrected chi connectivity index (χ1v) is 12.6. The molecule has 0 spiro atoms. The summed E-state index contributed by atoms with van der Waals surface area (Å²) in [5.74, 6) is 0.956. The van der Waals surface area contributed by atoms with Crippen molar-refractivity contribution in [2.24, 2.45) is 0 Å². The average Bonchev–Trinajstić information content (AvgIpc) is 3.27. The minimum Gasteiger partial charge on any atom is -0.354 e. The fourth-order valence-corrected chi connectivity index (χ4v) is 4.60. The molecule has 1 unspecified atom stereocenters. The maximum atomic E-state index is 13.1. The third kappa shape index (κ3) is 5.74. The minimum atomic E-state index is -0.289. The number of nitrogens with zero attached hydrogens (tertiary/aromatic N) is 5. The van der Waals surface area contributed by atoms with Gasteiger partial charge in [-0.15, -0.1) is 0 Å². The molecular weight excluding hydrogens is 442 g/mol. The second-order valence-corrected chi connectivity index (χ2v) is 9.35. The van der Waals surface area contributed by atoms with Gasteiger partial charge in [0.15, 0.2) is 0 Å². The number of anilines is 2. The summed E-state index contributed by atoms with van der Waals surface area (Å²) >= 11 is 0. The summed E-state index contributed by atoms with van der Waals surface area (Å²) in [4.78, 5) is 36.5. The molecule has 2 aliphatic rings. The van der Waals surface area contributed by atoms with Crippen LogP contribution in [0.1, 0.15) is 45.2 Å². The molecule has 2 fully saturated rings. The Labute approximate surface area is 208 Å². The van der Waals surface area contributed by atoms with Crippen molar-refractivity contribution in [3.8, 4) is 0 Å². The molecule has 4 rings (SSSR count). The number of urea groups is 1. The Morgan fingerprint density at radius 1 is 1.09 bits per heavy atom. The number of hydrazine groups is 1. The van der Waals surface area contributed by atoms with E-state index in [0.29, 0.717) is 13.2 Å². The topological polar surface area (TPSA) is 84.1 Å². The molecule has 0 radical (unpaired) electrons. The van der Waals surface area contributed by atoms with Crippen molar-refractivity contribution in [3.63, 3.8) is 0 Å². The van der Waals surface area contributed by atoms with Gasteiger partial charge in [0.05, 0.1) is 18.6 Å². The highest BCUT2D eigenvalue weighted by Gasteiger charge is 2.32. The molecule has 0 saturated carbocycles. The molecule has 188 valence electrons. The van der Waals surface area contributed by atoms with Crippen LogP contribution in [-0.4, -0.2) is 72.3 Å². The van der Waals surface area contributed by atoms with E-state index in [1.807, 2.05) is 56.3 Å². The summed E-state index contributed by atoms with van der Waals surface area (Å²) in [6, 6.07) is 13.7. The van der Waals surface area contributed by atoms with Gasteiger partial charge in [-0.2, -0.15) is 0 Å². The number of nitrogens with one attached hydrogen (secondary N) is 2. The van der Waals surface area contributed by atoms with Crippen LogP contribution in [0.4, 0.5) is 16.3 Å². The third-order valence-corrected chi connectivity index (χ3v) is 6.59. The molecule has 2 saturated heterocycles. The van der Waals surface area contributed by atoms with Gasteiger partial charge < -0.3 is 10.2 Å². The summed E-state index contributed by atoms with van der Waals surface area (Å²) in [7, 11) is 0. The van der Waals surface area contributed by atoms with Gasteiger partial charge in [0.1, 0.15) is 11.9 Å². The molecule has 2 N–H and O–H groups in total. The minimum absolute atomic E-state index is 0.0627. The number of amides is 3. The predicted molar refractivity (Wildman–Crippen MR) is 138 cm³/mol. The van der Waals surface area contributed by atoms with Crippen molar-refractivity contribution in [3.05, 3.63) is 54.2 Å². The smallest absolute Gasteiger partial charge is 0.340 e. The first-order valence-electron chi connectivity index (χ1n) is 12.6. The Morgan fingerprint density at radius 3 is 2.43 bits per heavy atom. The molecule has 1 aromatic heterocycles. The molecule has 0 bridgehead atoms. The molecule has 0 aliphatic carbocycles. The number of hydrogen-bond donors (Lipinski definition) is 2. The van der Waals surface area contributed by atoms with E-state index < -0.39 is 0 Å². The Morgan fingerprint density at radius 2 is 1.83 bits per heavy atom. The molecule has 2 aliphatic heterocycles. The maximum absolute atomic E-state index is 13.1. The molecule has 3 amide bonds. The second kappa shape index (κ2) is 11.5. The van der Waals surface area contributed by atoms with Crippen LogP contribution in [0.5, 0.6) is 0 Å². The van der Waals surface area contributed by atoms with E-state index in [2.05, 4.69) is 32.5 Å². The Kier molecular flexibility index (Phi) is 8.20. The molecule has 3 heterocycles. The van der Waals surface area contributed by atoms with Crippen molar-refractivity contribution >= 4 is 23.4 Å². The number of carbonyl (C=O) groups is 2. The molecule has 1 aromatic carbocycles. The number of pyridine rings is 1. The van der Waals surface area contributed by atoms with Crippen LogP contribution in [0.2, 0.25) is 0 Å². The number of carbonyl (C=O) groups excluding carboxylic acids is 2. The fourth-order valence-electron chi connectivity index (χ4n) is 4.60. The highest BCUT2D eigenvalue weighted by molar-refractivity contribution is 5.93. The van der Waals surface area contributed by atoms with Crippen LogP contribution < -0.4 is 20.5 Å². The zero-order valence-electron chi connectivity index (χ0n) is 21.0. The van der Waals surface area contributed by atoms with Gasteiger partial charge in [0.25, 0.3) is 0 Å². The van der Waals surface area contributed by atoms with E-state index in [4.69, 9.17) is 0 Å². The van der Waals surface area contributed by atoms with Crippen LogP contribution in [-0.2, 0) is 4.79 Å². The second-order valence-electron chi connectivity index (χ2n) is 9.35. The van der Waals surface area contributed by atoms with Crippen molar-refractivity contribution in [2.75, 3.05) is 49.2 Å². The summed E-state index contributed by atoms with van der Waals surface area (Å²) in [6.07, 6.45) is 3.80. The summed E-state index contributed by atoms with van der Waals surface area (Å²) in [5.41, 5.74) is 4.92. The lowest BCUT2D eigenvalue weighted by molar-refractivity contribution is -0.126. The number of rotatable bonds is 9. The first kappa shape index (κ1) is 24.9. The van der Waals surface area contributed by atoms with Gasteiger partial charge in [-0.3, -0.25) is 19.6 Å². The standard InChI is InChI=1S/C26H37N7O2/c1-4-5-13-27-25(34)24(21-9-7-6-8-10-21)31-16-14-30(15-17-31)23-12-11-22(18-28-23)32-19-29-33(20(2)3)26(32)35/h6-12,18,20,24,29H,4-5,13-17,19H2,1-3H3,(H,27,34). The highest BCUT2D eigenvalue weighted by Crippen LogP contribution is 2.26. The lowest BCUT2D eigenvalue weighted by Gasteiger charge is -2.39. The quantitative estimate of drug-likeness (QED) is 0.538. The van der Waals surface area contributed by atoms with Gasteiger partial charge in [-0.1, -0.05) is 43.7 Å². The van der Waals surface area contributed by atoms with Crippen LogP contribution in [0.3, 0.4) is 0 Å². The molecule has 1 atom stereocenters. The van der Waals surface area contributed by atoms with Crippen LogP contribution >= 0.6 is 0 Å². The molecule has 9 nitrogen and oxygen atoms in total. The van der Waals surface area contributed by atoms with Crippen molar-refractivity contribution in [1.82, 2.24) is 25.6 Å². The zero-order valence-corrected chi connectivity index (χ0v) is 21.0. The lowest BCUT2D eigenvalue weighted by atomic mass is 10.0. The van der Waals surface area contributed by atoms with E-state index in [0.717, 1.165) is 56.1 Å². The lowest BCUT2D eigenvalue weighted by Crippen LogP contribution is -2.51. The van der Waals surface area contributed by atoms with Crippen molar-refractivity contribution < 1.29 is 9.59 Å². The fraction of sp³-hybridized carbons (Fsp3) is 0.500. The third-order valence-electron chi connectivity index (χ3n) is 6.59. The number of benzene rings is 1. The summed E-state index contributed by atoms with van der Waals surface area (Å²) in [6.45, 7) is 10.3. The molecule has 35 heavy (non-hydrogen) atoms. The normalized spacial score (nSPS) is 17.8. The first-order chi connectivity index (χ1) is 17.0. The van der Waals surface area contributed by atoms with Crippen molar-refractivity contribution in [1.29, 1.82) is 0 Å². The van der Waals surface area contributed by atoms with Gasteiger partial charge in [-0.25, -0.2) is 15.2 Å². The van der Waals surface area contributed by atoms with Crippen molar-refractivity contribution in [2.45, 2.75) is 45.7 Å².